The fourth-order valence-corrected chi connectivity index (χ4v) is 1.96. The number of hydrogen-bond donors (Lipinski definition) is 3. The van der Waals surface area contributed by atoms with Crippen LogP contribution in [-0.2, 0) is 14.4 Å². The Balaban J connectivity index is 2.18. The predicted octanol–water partition coefficient (Wildman–Crippen LogP) is 2.40. The molecule has 23 heavy (non-hydrogen) atoms. The van der Waals surface area contributed by atoms with E-state index in [1.54, 1.807) is 29.7 Å². The Morgan fingerprint density at radius 1 is 1.00 bits per heavy atom. The van der Waals surface area contributed by atoms with Gasteiger partial charge in [0.15, 0.2) is 0 Å². The lowest BCUT2D eigenvalue weighted by molar-refractivity contribution is -0.134. The van der Waals surface area contributed by atoms with E-state index in [2.05, 4.69) is 5.32 Å². The molecule has 0 aliphatic carbocycles. The summed E-state index contributed by atoms with van der Waals surface area (Å²) in [6, 6.07) is 6.57. The van der Waals surface area contributed by atoms with Crippen LogP contribution in [0.25, 0.3) is 0 Å². The maximum Gasteiger partial charge on any atom is 0.311 e. The summed E-state index contributed by atoms with van der Waals surface area (Å²) >= 11 is 0. The van der Waals surface area contributed by atoms with Crippen LogP contribution in [0, 0.1) is 0 Å². The number of amides is 2. The molecule has 0 fully saturated rings. The number of anilines is 1. The maximum absolute atomic E-state index is 11.7. The lowest BCUT2D eigenvalue weighted by Crippen LogP contribution is -2.17. The van der Waals surface area contributed by atoms with Crippen molar-refractivity contribution in [1.82, 2.24) is 5.48 Å². The lowest BCUT2D eigenvalue weighted by Gasteiger charge is -2.06. The van der Waals surface area contributed by atoms with Gasteiger partial charge in [0.05, 0.1) is 0 Å². The minimum Gasteiger partial charge on any atom is -0.427 e. The molecule has 0 spiro atoms. The van der Waals surface area contributed by atoms with Crippen LogP contribution >= 0.6 is 0 Å². The second-order valence-corrected chi connectivity index (χ2v) is 5.13. The fraction of sp³-hybridized carbons (Fsp3) is 0.438. The summed E-state index contributed by atoms with van der Waals surface area (Å²) in [6.45, 7) is 1.42. The second kappa shape index (κ2) is 10.3. The van der Waals surface area contributed by atoms with E-state index in [0.717, 1.165) is 12.8 Å². The lowest BCUT2D eigenvalue weighted by atomic mass is 10.1. The van der Waals surface area contributed by atoms with Gasteiger partial charge in [0.25, 0.3) is 0 Å². The van der Waals surface area contributed by atoms with E-state index < -0.39 is 5.91 Å². The first kappa shape index (κ1) is 18.6. The largest absolute Gasteiger partial charge is 0.427 e. The van der Waals surface area contributed by atoms with Crippen LogP contribution < -0.4 is 15.5 Å². The van der Waals surface area contributed by atoms with Gasteiger partial charge in [-0.15, -0.1) is 0 Å². The highest BCUT2D eigenvalue weighted by Crippen LogP contribution is 2.16. The van der Waals surface area contributed by atoms with Crippen LogP contribution in [0.3, 0.4) is 0 Å². The van der Waals surface area contributed by atoms with Crippen molar-refractivity contribution in [3.8, 4) is 5.75 Å². The molecule has 1 aromatic rings. The van der Waals surface area contributed by atoms with Crippen LogP contribution in [0.4, 0.5) is 5.69 Å². The number of hydroxylamine groups is 1. The number of hydrogen-bond acceptors (Lipinski definition) is 5. The summed E-state index contributed by atoms with van der Waals surface area (Å²) in [6.07, 6.45) is 3.57. The highest BCUT2D eigenvalue weighted by molar-refractivity contribution is 5.88. The van der Waals surface area contributed by atoms with Crippen LogP contribution in [0.2, 0.25) is 0 Å². The third kappa shape index (κ3) is 8.57. The summed E-state index contributed by atoms with van der Waals surface area (Å²) in [5.74, 6) is -0.438. The van der Waals surface area contributed by atoms with Crippen LogP contribution in [0.5, 0.6) is 5.75 Å². The fourth-order valence-electron chi connectivity index (χ4n) is 1.96. The van der Waals surface area contributed by atoms with Crippen molar-refractivity contribution in [2.45, 2.75) is 45.4 Å². The minimum absolute atomic E-state index is 0.161. The van der Waals surface area contributed by atoms with Crippen molar-refractivity contribution in [3.63, 3.8) is 0 Å². The van der Waals surface area contributed by atoms with Crippen LogP contribution in [0.15, 0.2) is 24.3 Å². The average Bonchev–Trinajstić information content (AvgIpc) is 2.51. The molecular formula is C16H22N2O5. The maximum atomic E-state index is 11.7. The van der Waals surface area contributed by atoms with Gasteiger partial charge >= 0.3 is 5.97 Å². The molecular weight excluding hydrogens is 300 g/mol. The Labute approximate surface area is 135 Å². The monoisotopic (exact) mass is 322 g/mol. The molecule has 0 aliphatic rings. The van der Waals surface area contributed by atoms with Gasteiger partial charge in [0.2, 0.25) is 11.8 Å². The second-order valence-electron chi connectivity index (χ2n) is 5.13. The van der Waals surface area contributed by atoms with Gasteiger partial charge in [-0.25, -0.2) is 5.48 Å². The molecule has 0 atom stereocenters. The van der Waals surface area contributed by atoms with Crippen molar-refractivity contribution in [2.24, 2.45) is 0 Å². The number of benzene rings is 1. The Morgan fingerprint density at radius 3 is 2.17 bits per heavy atom. The van der Waals surface area contributed by atoms with Crippen LogP contribution in [-0.4, -0.2) is 23.0 Å². The van der Waals surface area contributed by atoms with E-state index in [1.807, 2.05) is 0 Å². The molecule has 0 aromatic heterocycles. The zero-order valence-electron chi connectivity index (χ0n) is 13.1. The molecule has 126 valence electrons. The molecule has 2 amide bonds. The Bertz CT molecular complexity index is 528. The number of carbonyl (C=O) groups is 3. The first-order valence-electron chi connectivity index (χ1n) is 7.52. The molecule has 0 heterocycles. The summed E-state index contributed by atoms with van der Waals surface area (Å²) < 4.78 is 5.19. The topological polar surface area (TPSA) is 105 Å². The van der Waals surface area contributed by atoms with E-state index in [1.165, 1.54) is 6.92 Å². The number of unbranched alkanes of at least 4 members (excludes halogenated alkanes) is 3. The number of ether oxygens (including phenoxy) is 1. The zero-order chi connectivity index (χ0) is 17.1. The van der Waals surface area contributed by atoms with Gasteiger partial charge < -0.3 is 10.1 Å². The first-order valence-corrected chi connectivity index (χ1v) is 7.52. The predicted molar refractivity (Wildman–Crippen MR) is 84.0 cm³/mol. The third-order valence-corrected chi connectivity index (χ3v) is 3.07. The Hall–Kier alpha value is -2.41. The molecule has 3 N–H and O–H groups in total. The highest BCUT2D eigenvalue weighted by Gasteiger charge is 2.05. The van der Waals surface area contributed by atoms with Crippen molar-refractivity contribution >= 4 is 23.5 Å². The van der Waals surface area contributed by atoms with E-state index >= 15 is 0 Å². The quantitative estimate of drug-likeness (QED) is 0.213. The number of carbonyl (C=O) groups excluding carboxylic acids is 3. The average molecular weight is 322 g/mol. The standard InChI is InChI=1S/C16H22N2O5/c1-12(19)17-13-8-10-14(11-9-13)23-16(21)7-5-3-2-4-6-15(20)18-22/h8-11,22H,2-7H2,1H3,(H,17,19)(H,18,20). The van der Waals surface area contributed by atoms with E-state index in [0.29, 0.717) is 30.7 Å². The Kier molecular flexibility index (Phi) is 8.38. The first-order chi connectivity index (χ1) is 11.0. The molecule has 7 nitrogen and oxygen atoms in total. The van der Waals surface area contributed by atoms with Crippen molar-refractivity contribution < 1.29 is 24.3 Å². The highest BCUT2D eigenvalue weighted by atomic mass is 16.5. The number of nitrogens with one attached hydrogen (secondary N) is 2. The van der Waals surface area contributed by atoms with Gasteiger partial charge in [-0.05, 0) is 37.1 Å². The molecule has 0 unspecified atom stereocenters. The van der Waals surface area contributed by atoms with E-state index in [4.69, 9.17) is 9.94 Å². The molecule has 1 aromatic carbocycles. The van der Waals surface area contributed by atoms with Crippen molar-refractivity contribution in [2.75, 3.05) is 5.32 Å². The van der Waals surface area contributed by atoms with Gasteiger partial charge in [-0.1, -0.05) is 12.8 Å². The molecule has 1 rings (SSSR count). The summed E-state index contributed by atoms with van der Waals surface area (Å²) in [4.78, 5) is 33.3. The van der Waals surface area contributed by atoms with Crippen molar-refractivity contribution in [1.29, 1.82) is 0 Å². The molecule has 0 radical (unpaired) electrons. The number of rotatable bonds is 9. The molecule has 7 heteroatoms. The van der Waals surface area contributed by atoms with E-state index in [-0.39, 0.29) is 18.3 Å². The summed E-state index contributed by atoms with van der Waals surface area (Å²) in [7, 11) is 0. The van der Waals surface area contributed by atoms with Crippen molar-refractivity contribution in [3.05, 3.63) is 24.3 Å². The Morgan fingerprint density at radius 2 is 1.61 bits per heavy atom. The van der Waals surface area contributed by atoms with Gasteiger partial charge in [0, 0.05) is 25.5 Å². The normalized spacial score (nSPS) is 10.0. The van der Waals surface area contributed by atoms with E-state index in [9.17, 15) is 14.4 Å². The van der Waals surface area contributed by atoms with Crippen LogP contribution in [0.1, 0.15) is 45.4 Å². The smallest absolute Gasteiger partial charge is 0.311 e. The summed E-state index contributed by atoms with van der Waals surface area (Å²) in [5.41, 5.74) is 2.22. The van der Waals surface area contributed by atoms with Gasteiger partial charge in [-0.3, -0.25) is 19.6 Å². The van der Waals surface area contributed by atoms with Gasteiger partial charge in [-0.2, -0.15) is 0 Å². The zero-order valence-corrected chi connectivity index (χ0v) is 13.1. The third-order valence-electron chi connectivity index (χ3n) is 3.07. The minimum atomic E-state index is -0.396. The summed E-state index contributed by atoms with van der Waals surface area (Å²) in [5, 5.41) is 11.0. The van der Waals surface area contributed by atoms with Gasteiger partial charge in [0.1, 0.15) is 5.75 Å². The number of esters is 1. The molecule has 0 aliphatic heterocycles. The SMILES string of the molecule is CC(=O)Nc1ccc(OC(=O)CCCCCCC(=O)NO)cc1. The molecule has 0 saturated carbocycles. The molecule has 0 bridgehead atoms. The molecule has 0 saturated heterocycles.